The number of nitrogen functional groups attached to an aromatic ring is 1. The number of nitrogens with zero attached hydrogens (tertiary/aromatic N) is 1. The molecule has 0 fully saturated rings. The molecule has 3 N–H and O–H groups in total. The van der Waals surface area contributed by atoms with E-state index in [-0.39, 0.29) is 5.56 Å². The SMILES string of the molecule is Cc1ccc(C(=O)O)c(N)c1.O=C=Nc1cccc(Oc2ccccc2)c1. The van der Waals surface area contributed by atoms with E-state index >= 15 is 0 Å². The summed E-state index contributed by atoms with van der Waals surface area (Å²) in [5.74, 6) is 0.403. The number of carbonyl (C=O) groups is 1. The van der Waals surface area contributed by atoms with Gasteiger partial charge < -0.3 is 15.6 Å². The highest BCUT2D eigenvalue weighted by atomic mass is 16.5. The summed E-state index contributed by atoms with van der Waals surface area (Å²) in [5, 5.41) is 8.58. The van der Waals surface area contributed by atoms with Crippen LogP contribution in [0.2, 0.25) is 0 Å². The molecule has 3 aromatic carbocycles. The largest absolute Gasteiger partial charge is 0.478 e. The maximum Gasteiger partial charge on any atom is 0.337 e. The molecule has 0 spiro atoms. The standard InChI is InChI=1S/C13H9NO2.C8H9NO2/c15-10-14-11-5-4-8-13(9-11)16-12-6-2-1-3-7-12;1-5-2-3-6(8(10)11)7(9)4-5/h1-9H;2-4H,9H2,1H3,(H,10,11). The smallest absolute Gasteiger partial charge is 0.337 e. The van der Waals surface area contributed by atoms with Crippen molar-refractivity contribution in [1.29, 1.82) is 0 Å². The molecule has 0 unspecified atom stereocenters. The number of anilines is 1. The molecule has 0 aromatic heterocycles. The Morgan fingerprint density at radius 3 is 2.33 bits per heavy atom. The molecule has 0 amide bonds. The van der Waals surface area contributed by atoms with Crippen molar-refractivity contribution in [2.24, 2.45) is 4.99 Å². The van der Waals surface area contributed by atoms with Crippen LogP contribution in [0, 0.1) is 6.92 Å². The molecule has 0 saturated carbocycles. The summed E-state index contributed by atoms with van der Waals surface area (Å²) in [7, 11) is 0. The Morgan fingerprint density at radius 1 is 1.00 bits per heavy atom. The number of aliphatic imine (C=N–C) groups is 1. The number of isocyanates is 1. The van der Waals surface area contributed by atoms with Crippen LogP contribution < -0.4 is 10.5 Å². The number of nitrogens with two attached hydrogens (primary N) is 1. The molecule has 0 aliphatic heterocycles. The monoisotopic (exact) mass is 362 g/mol. The van der Waals surface area contributed by atoms with Crippen molar-refractivity contribution in [2.45, 2.75) is 6.92 Å². The van der Waals surface area contributed by atoms with Gasteiger partial charge in [0.2, 0.25) is 6.08 Å². The maximum absolute atomic E-state index is 10.5. The lowest BCUT2D eigenvalue weighted by Crippen LogP contribution is -2.01. The van der Waals surface area contributed by atoms with Gasteiger partial charge in [-0.1, -0.05) is 30.3 Å². The maximum atomic E-state index is 10.5. The van der Waals surface area contributed by atoms with E-state index in [9.17, 15) is 9.59 Å². The number of carboxylic acid groups (broad SMARTS) is 1. The highest BCUT2D eigenvalue weighted by Gasteiger charge is 2.05. The number of carbonyl (C=O) groups excluding carboxylic acids is 1. The molecular formula is C21H18N2O4. The van der Waals surface area contributed by atoms with Crippen LogP contribution in [0.4, 0.5) is 11.4 Å². The lowest BCUT2D eigenvalue weighted by Gasteiger charge is -2.04. The minimum atomic E-state index is -0.984. The molecule has 3 aromatic rings. The van der Waals surface area contributed by atoms with Crippen LogP contribution in [0.5, 0.6) is 11.5 Å². The van der Waals surface area contributed by atoms with Crippen molar-refractivity contribution >= 4 is 23.4 Å². The Morgan fingerprint density at radius 2 is 1.70 bits per heavy atom. The van der Waals surface area contributed by atoms with Crippen LogP contribution in [0.3, 0.4) is 0 Å². The molecule has 136 valence electrons. The first-order valence-corrected chi connectivity index (χ1v) is 8.00. The van der Waals surface area contributed by atoms with Crippen molar-refractivity contribution in [2.75, 3.05) is 5.73 Å². The number of aromatic carboxylic acids is 1. The van der Waals surface area contributed by atoms with Crippen molar-refractivity contribution in [3.63, 3.8) is 0 Å². The normalized spacial score (nSPS) is 9.37. The molecule has 0 aliphatic rings. The Labute approximate surface area is 156 Å². The van der Waals surface area contributed by atoms with Crippen molar-refractivity contribution in [1.82, 2.24) is 0 Å². The average Bonchev–Trinajstić information content (AvgIpc) is 2.63. The zero-order valence-electron chi connectivity index (χ0n) is 14.6. The van der Waals surface area contributed by atoms with Gasteiger partial charge in [-0.2, -0.15) is 4.99 Å². The molecule has 0 bridgehead atoms. The predicted molar refractivity (Wildman–Crippen MR) is 103 cm³/mol. The van der Waals surface area contributed by atoms with E-state index in [0.717, 1.165) is 11.3 Å². The molecular weight excluding hydrogens is 344 g/mol. The third-order valence-electron chi connectivity index (χ3n) is 3.41. The second-order valence-corrected chi connectivity index (χ2v) is 5.51. The molecule has 0 radical (unpaired) electrons. The molecule has 0 atom stereocenters. The van der Waals surface area contributed by atoms with Crippen molar-refractivity contribution in [3.8, 4) is 11.5 Å². The van der Waals surface area contributed by atoms with Crippen LogP contribution in [0.25, 0.3) is 0 Å². The fourth-order valence-electron chi connectivity index (χ4n) is 2.17. The lowest BCUT2D eigenvalue weighted by atomic mass is 10.1. The molecule has 6 heteroatoms. The number of hydrogen-bond acceptors (Lipinski definition) is 5. The van der Waals surface area contributed by atoms with Gasteiger partial charge in [0.15, 0.2) is 0 Å². The molecule has 0 saturated heterocycles. The lowest BCUT2D eigenvalue weighted by molar-refractivity contribution is 0.0698. The summed E-state index contributed by atoms with van der Waals surface area (Å²) >= 11 is 0. The number of hydrogen-bond donors (Lipinski definition) is 2. The molecule has 0 heterocycles. The molecule has 0 aliphatic carbocycles. The average molecular weight is 362 g/mol. The number of benzene rings is 3. The van der Waals surface area contributed by atoms with E-state index in [0.29, 0.717) is 17.1 Å². The summed E-state index contributed by atoms with van der Waals surface area (Å²) in [6.45, 7) is 1.86. The van der Waals surface area contributed by atoms with Gasteiger partial charge in [0.25, 0.3) is 0 Å². The first kappa shape index (κ1) is 19.4. The van der Waals surface area contributed by atoms with Gasteiger partial charge >= 0.3 is 5.97 Å². The van der Waals surface area contributed by atoms with E-state index < -0.39 is 5.97 Å². The third-order valence-corrected chi connectivity index (χ3v) is 3.41. The minimum absolute atomic E-state index is 0.163. The summed E-state index contributed by atoms with van der Waals surface area (Å²) in [5.41, 5.74) is 7.42. The van der Waals surface area contributed by atoms with Gasteiger partial charge in [0.05, 0.1) is 11.3 Å². The second-order valence-electron chi connectivity index (χ2n) is 5.51. The van der Waals surface area contributed by atoms with Gasteiger partial charge in [0, 0.05) is 11.8 Å². The minimum Gasteiger partial charge on any atom is -0.478 e. The van der Waals surface area contributed by atoms with E-state index in [2.05, 4.69) is 4.99 Å². The summed E-state index contributed by atoms with van der Waals surface area (Å²) < 4.78 is 5.58. The highest BCUT2D eigenvalue weighted by Crippen LogP contribution is 2.24. The number of para-hydroxylation sites is 1. The quantitative estimate of drug-likeness (QED) is 0.397. The molecule has 6 nitrogen and oxygen atoms in total. The number of carboxylic acids is 1. The fourth-order valence-corrected chi connectivity index (χ4v) is 2.17. The first-order valence-electron chi connectivity index (χ1n) is 8.00. The van der Waals surface area contributed by atoms with Gasteiger partial charge in [0.1, 0.15) is 11.5 Å². The van der Waals surface area contributed by atoms with Gasteiger partial charge in [-0.05, 0) is 48.9 Å². The predicted octanol–water partition coefficient (Wildman–Crippen LogP) is 4.72. The Bertz CT molecular complexity index is 965. The van der Waals surface area contributed by atoms with E-state index in [1.807, 2.05) is 37.3 Å². The zero-order chi connectivity index (χ0) is 19.6. The summed E-state index contributed by atoms with van der Waals surface area (Å²) in [6.07, 6.45) is 1.49. The number of rotatable bonds is 4. The Hall–Kier alpha value is -3.89. The topological polar surface area (TPSA) is 102 Å². The van der Waals surface area contributed by atoms with Gasteiger partial charge in [-0.25, -0.2) is 9.59 Å². The van der Waals surface area contributed by atoms with Gasteiger partial charge in [-0.3, -0.25) is 0 Å². The highest BCUT2D eigenvalue weighted by molar-refractivity contribution is 5.93. The second kappa shape index (κ2) is 9.56. The van der Waals surface area contributed by atoms with Gasteiger partial charge in [-0.15, -0.1) is 0 Å². The number of aryl methyl sites for hydroxylation is 1. The van der Waals surface area contributed by atoms with Crippen LogP contribution in [-0.4, -0.2) is 17.2 Å². The van der Waals surface area contributed by atoms with Crippen LogP contribution >= 0.6 is 0 Å². The third kappa shape index (κ3) is 6.16. The van der Waals surface area contributed by atoms with E-state index in [1.165, 1.54) is 12.1 Å². The van der Waals surface area contributed by atoms with Crippen molar-refractivity contribution < 1.29 is 19.4 Å². The molecule has 3 rings (SSSR count). The van der Waals surface area contributed by atoms with E-state index in [4.69, 9.17) is 15.6 Å². The molecule has 27 heavy (non-hydrogen) atoms. The van der Waals surface area contributed by atoms with Crippen LogP contribution in [0.15, 0.2) is 77.8 Å². The summed E-state index contributed by atoms with van der Waals surface area (Å²) in [6, 6.07) is 21.2. The zero-order valence-corrected chi connectivity index (χ0v) is 14.6. The Kier molecular flexibility index (Phi) is 6.88. The Balaban J connectivity index is 0.000000208. The first-order chi connectivity index (χ1) is 13.0. The van der Waals surface area contributed by atoms with E-state index in [1.54, 1.807) is 36.4 Å². The summed E-state index contributed by atoms with van der Waals surface area (Å²) in [4.78, 5) is 24.1. The van der Waals surface area contributed by atoms with Crippen LogP contribution in [0.1, 0.15) is 15.9 Å². The van der Waals surface area contributed by atoms with Crippen molar-refractivity contribution in [3.05, 3.63) is 83.9 Å². The van der Waals surface area contributed by atoms with Crippen LogP contribution in [-0.2, 0) is 4.79 Å². The number of ether oxygens (including phenoxy) is 1. The fraction of sp³-hybridized carbons (Fsp3) is 0.0476.